The number of benzene rings is 1. The fourth-order valence-electron chi connectivity index (χ4n) is 2.62. The number of nitrogens with zero attached hydrogens (tertiary/aromatic N) is 4. The number of Topliss-reactive ketones (excluding diaryl/α,β-unsaturated/α-hetero) is 1. The normalized spacial score (nSPS) is 11.7. The minimum Gasteiger partial charge on any atom is -0.352 e. The molecule has 148 valence electrons. The average Bonchev–Trinajstić information content (AvgIpc) is 3.31. The van der Waals surface area contributed by atoms with Gasteiger partial charge in [-0.2, -0.15) is 10.4 Å². The molecular weight excluding hydrogens is 384 g/mol. The Balaban J connectivity index is 1.67. The summed E-state index contributed by atoms with van der Waals surface area (Å²) in [4.78, 5) is 23.4. The number of rotatable bonds is 6. The highest BCUT2D eigenvalue weighted by Gasteiger charge is 2.18. The highest BCUT2D eigenvalue weighted by Crippen LogP contribution is 2.22. The van der Waals surface area contributed by atoms with Gasteiger partial charge >= 0.3 is 0 Å². The van der Waals surface area contributed by atoms with Crippen LogP contribution in [0.2, 0.25) is 0 Å². The largest absolute Gasteiger partial charge is 0.352 e. The molecule has 0 spiro atoms. The van der Waals surface area contributed by atoms with Crippen molar-refractivity contribution >= 4 is 11.7 Å². The molecule has 0 saturated carbocycles. The minimum absolute atomic E-state index is 0.0126. The quantitative estimate of drug-likeness (QED) is 0.638. The first-order valence-electron chi connectivity index (χ1n) is 8.50. The molecule has 2 aromatic heterocycles. The maximum Gasteiger partial charge on any atom is 0.273 e. The van der Waals surface area contributed by atoms with Gasteiger partial charge in [-0.25, -0.2) is 8.78 Å². The summed E-state index contributed by atoms with van der Waals surface area (Å²) < 4.78 is 33.9. The van der Waals surface area contributed by atoms with E-state index < -0.39 is 23.1 Å². The van der Waals surface area contributed by atoms with Crippen LogP contribution in [0.5, 0.6) is 0 Å². The number of nitriles is 1. The van der Waals surface area contributed by atoms with Crippen LogP contribution >= 0.6 is 0 Å². The first kappa shape index (κ1) is 19.9. The molecular formula is C19H15F2N5O3. The van der Waals surface area contributed by atoms with E-state index in [2.05, 4.69) is 15.6 Å². The number of carbonyl (C=O) groups is 2. The second kappa shape index (κ2) is 8.02. The first-order valence-corrected chi connectivity index (χ1v) is 8.50. The zero-order chi connectivity index (χ0) is 21.1. The summed E-state index contributed by atoms with van der Waals surface area (Å²) in [5, 5.41) is 19.2. The molecule has 3 aromatic rings. The molecule has 0 saturated heterocycles. The lowest BCUT2D eigenvalue weighted by Crippen LogP contribution is -2.36. The predicted octanol–water partition coefficient (Wildman–Crippen LogP) is 2.71. The number of nitrogens with one attached hydrogen (secondary N) is 1. The van der Waals surface area contributed by atoms with Crippen LogP contribution < -0.4 is 5.32 Å². The third kappa shape index (κ3) is 4.35. The van der Waals surface area contributed by atoms with Crippen molar-refractivity contribution in [2.75, 3.05) is 0 Å². The number of aromatic nitrogens is 3. The molecule has 3 rings (SSSR count). The van der Waals surface area contributed by atoms with Crippen molar-refractivity contribution in [3.63, 3.8) is 0 Å². The zero-order valence-electron chi connectivity index (χ0n) is 15.4. The third-order valence-electron chi connectivity index (χ3n) is 4.02. The van der Waals surface area contributed by atoms with Crippen molar-refractivity contribution < 1.29 is 22.9 Å². The molecule has 0 aliphatic rings. The number of amides is 1. The van der Waals surface area contributed by atoms with Crippen LogP contribution in [0.15, 0.2) is 35.0 Å². The van der Waals surface area contributed by atoms with Crippen LogP contribution in [0.3, 0.4) is 0 Å². The van der Waals surface area contributed by atoms with Crippen LogP contribution in [-0.2, 0) is 6.54 Å². The molecule has 1 N–H and O–H groups in total. The van der Waals surface area contributed by atoms with Crippen LogP contribution in [0.1, 0.15) is 40.5 Å². The number of ketones is 1. The lowest BCUT2D eigenvalue weighted by molar-refractivity contribution is 0.0922. The standard InChI is InChI=1S/C19H15F2N5O3/c1-10(23-19(28)17-7-18(11(2)27)29-25-17)9-26-4-3-16(24-26)12-5-14(20)13(8-22)15(21)6-12/h3-7,10H,9H2,1-2H3,(H,23,28). The van der Waals surface area contributed by atoms with E-state index in [0.717, 1.165) is 12.1 Å². The summed E-state index contributed by atoms with van der Waals surface area (Å²) in [6, 6.07) is 5.99. The molecule has 29 heavy (non-hydrogen) atoms. The number of carbonyl (C=O) groups excluding carboxylic acids is 2. The van der Waals surface area contributed by atoms with Crippen molar-refractivity contribution in [3.8, 4) is 17.3 Å². The number of hydrogen-bond acceptors (Lipinski definition) is 6. The van der Waals surface area contributed by atoms with Crippen LogP contribution in [0, 0.1) is 23.0 Å². The summed E-state index contributed by atoms with van der Waals surface area (Å²) in [5.74, 6) is -2.80. The van der Waals surface area contributed by atoms with E-state index in [1.807, 2.05) is 0 Å². The number of hydrogen-bond donors (Lipinski definition) is 1. The lowest BCUT2D eigenvalue weighted by Gasteiger charge is -2.12. The summed E-state index contributed by atoms with van der Waals surface area (Å²) in [6.45, 7) is 3.29. The Labute approximate surface area is 163 Å². The molecule has 0 aliphatic heterocycles. The molecule has 8 nitrogen and oxygen atoms in total. The maximum absolute atomic E-state index is 13.8. The van der Waals surface area contributed by atoms with Crippen molar-refractivity contribution in [3.05, 3.63) is 59.1 Å². The fourth-order valence-corrected chi connectivity index (χ4v) is 2.62. The van der Waals surface area contributed by atoms with Gasteiger partial charge in [-0.3, -0.25) is 14.3 Å². The van der Waals surface area contributed by atoms with Crippen molar-refractivity contribution in [1.29, 1.82) is 5.26 Å². The Morgan fingerprint density at radius 1 is 1.31 bits per heavy atom. The average molecular weight is 399 g/mol. The molecule has 1 amide bonds. The Kier molecular flexibility index (Phi) is 5.50. The molecule has 1 aromatic carbocycles. The van der Waals surface area contributed by atoms with Gasteiger partial charge in [0, 0.05) is 30.8 Å². The smallest absolute Gasteiger partial charge is 0.273 e. The molecule has 0 aliphatic carbocycles. The Hall–Kier alpha value is -3.87. The summed E-state index contributed by atoms with van der Waals surface area (Å²) in [6.07, 6.45) is 1.59. The number of halogens is 2. The molecule has 1 unspecified atom stereocenters. The van der Waals surface area contributed by atoms with Gasteiger partial charge < -0.3 is 9.84 Å². The molecule has 0 fully saturated rings. The monoisotopic (exact) mass is 399 g/mol. The van der Waals surface area contributed by atoms with Gasteiger partial charge in [0.25, 0.3) is 5.91 Å². The van der Waals surface area contributed by atoms with E-state index in [4.69, 9.17) is 9.78 Å². The van der Waals surface area contributed by atoms with E-state index in [1.165, 1.54) is 23.7 Å². The van der Waals surface area contributed by atoms with Gasteiger partial charge in [0.2, 0.25) is 5.76 Å². The van der Waals surface area contributed by atoms with Crippen molar-refractivity contribution in [2.24, 2.45) is 0 Å². The van der Waals surface area contributed by atoms with E-state index in [9.17, 15) is 18.4 Å². The first-order chi connectivity index (χ1) is 13.8. The van der Waals surface area contributed by atoms with Crippen LogP contribution in [0.4, 0.5) is 8.78 Å². The third-order valence-corrected chi connectivity index (χ3v) is 4.02. The Morgan fingerprint density at radius 2 is 2.00 bits per heavy atom. The van der Waals surface area contributed by atoms with Gasteiger partial charge in [0.15, 0.2) is 11.5 Å². The Bertz CT molecular complexity index is 1110. The van der Waals surface area contributed by atoms with Crippen molar-refractivity contribution in [1.82, 2.24) is 20.3 Å². The van der Waals surface area contributed by atoms with Gasteiger partial charge in [0.05, 0.1) is 12.2 Å². The van der Waals surface area contributed by atoms with Gasteiger partial charge in [-0.15, -0.1) is 0 Å². The second-order valence-electron chi connectivity index (χ2n) is 6.36. The maximum atomic E-state index is 13.8. The molecule has 0 radical (unpaired) electrons. The fraction of sp³-hybridized carbons (Fsp3) is 0.211. The van der Waals surface area contributed by atoms with Crippen molar-refractivity contribution in [2.45, 2.75) is 26.4 Å². The van der Waals surface area contributed by atoms with Gasteiger partial charge in [-0.1, -0.05) is 5.16 Å². The van der Waals surface area contributed by atoms with Gasteiger partial charge in [0.1, 0.15) is 23.3 Å². The van der Waals surface area contributed by atoms with E-state index in [1.54, 1.807) is 19.2 Å². The van der Waals surface area contributed by atoms with Gasteiger partial charge in [-0.05, 0) is 25.1 Å². The topological polar surface area (TPSA) is 114 Å². The molecule has 10 heteroatoms. The van der Waals surface area contributed by atoms with E-state index in [0.29, 0.717) is 5.69 Å². The molecule has 1 atom stereocenters. The highest BCUT2D eigenvalue weighted by atomic mass is 19.1. The van der Waals surface area contributed by atoms with E-state index >= 15 is 0 Å². The SMILES string of the molecule is CC(=O)c1cc(C(=O)NC(C)Cn2ccc(-c3cc(F)c(C#N)c(F)c3)n2)no1. The van der Waals surface area contributed by atoms with Crippen LogP contribution in [0.25, 0.3) is 11.3 Å². The van der Waals surface area contributed by atoms with E-state index in [-0.39, 0.29) is 35.4 Å². The highest BCUT2D eigenvalue weighted by molar-refractivity contribution is 5.96. The zero-order valence-corrected chi connectivity index (χ0v) is 15.4. The lowest BCUT2D eigenvalue weighted by atomic mass is 10.1. The summed E-state index contributed by atoms with van der Waals surface area (Å²) >= 11 is 0. The summed E-state index contributed by atoms with van der Waals surface area (Å²) in [7, 11) is 0. The predicted molar refractivity (Wildman–Crippen MR) is 95.7 cm³/mol. The molecule has 2 heterocycles. The Morgan fingerprint density at radius 3 is 2.59 bits per heavy atom. The second-order valence-corrected chi connectivity index (χ2v) is 6.36. The van der Waals surface area contributed by atoms with Crippen LogP contribution in [-0.4, -0.2) is 32.7 Å². The minimum atomic E-state index is -0.963. The summed E-state index contributed by atoms with van der Waals surface area (Å²) in [5.41, 5.74) is -0.167. The molecule has 0 bridgehead atoms.